The lowest BCUT2D eigenvalue weighted by atomic mass is 9.82. The summed E-state index contributed by atoms with van der Waals surface area (Å²) < 4.78 is 5.47. The molecule has 2 aliphatic carbocycles. The average Bonchev–Trinajstić information content (AvgIpc) is 3.46. The summed E-state index contributed by atoms with van der Waals surface area (Å²) in [4.78, 5) is 19.5. The Morgan fingerprint density at radius 3 is 2.46 bits per heavy atom. The Bertz CT molecular complexity index is 1030. The van der Waals surface area contributed by atoms with Gasteiger partial charge in [0.15, 0.2) is 5.01 Å². The van der Waals surface area contributed by atoms with E-state index in [-0.39, 0.29) is 17.4 Å². The minimum absolute atomic E-state index is 0.0144. The minimum Gasteiger partial charge on any atom is -0.381 e. The molecule has 5 heteroatoms. The van der Waals surface area contributed by atoms with Gasteiger partial charge in [-0.25, -0.2) is 4.98 Å². The molecule has 1 amide bonds. The third kappa shape index (κ3) is 5.83. The van der Waals surface area contributed by atoms with Crippen molar-refractivity contribution in [1.82, 2.24) is 10.3 Å². The van der Waals surface area contributed by atoms with Gasteiger partial charge < -0.3 is 10.1 Å². The molecule has 0 atom stereocenters. The van der Waals surface area contributed by atoms with Crippen molar-refractivity contribution < 1.29 is 9.53 Å². The number of rotatable bonds is 6. The summed E-state index contributed by atoms with van der Waals surface area (Å²) in [5, 5.41) is 3.86. The Morgan fingerprint density at radius 2 is 1.80 bits per heavy atom. The average molecular weight is 495 g/mol. The first-order chi connectivity index (χ1) is 16.7. The number of hydrogen-bond acceptors (Lipinski definition) is 4. The molecule has 0 unspecified atom stereocenters. The number of amides is 1. The van der Waals surface area contributed by atoms with Gasteiger partial charge in [-0.2, -0.15) is 0 Å². The van der Waals surface area contributed by atoms with Gasteiger partial charge in [0.2, 0.25) is 0 Å². The van der Waals surface area contributed by atoms with E-state index in [1.54, 1.807) is 11.3 Å². The van der Waals surface area contributed by atoms with Crippen molar-refractivity contribution in [3.63, 3.8) is 0 Å². The van der Waals surface area contributed by atoms with Gasteiger partial charge in [-0.1, -0.05) is 65.9 Å². The predicted octanol–water partition coefficient (Wildman–Crippen LogP) is 7.19. The van der Waals surface area contributed by atoms with Gasteiger partial charge in [-0.15, -0.1) is 11.3 Å². The number of hydrogen-bond donors (Lipinski definition) is 1. The van der Waals surface area contributed by atoms with Gasteiger partial charge in [0.05, 0.1) is 10.6 Å². The third-order valence-corrected chi connectivity index (χ3v) is 9.56. The van der Waals surface area contributed by atoms with Gasteiger partial charge >= 0.3 is 0 Å². The van der Waals surface area contributed by atoms with E-state index in [0.29, 0.717) is 16.3 Å². The topological polar surface area (TPSA) is 51.2 Å². The molecule has 190 valence electrons. The van der Waals surface area contributed by atoms with Gasteiger partial charge in [-0.3, -0.25) is 4.79 Å². The highest BCUT2D eigenvalue weighted by Gasteiger charge is 2.40. The molecule has 2 aromatic rings. The van der Waals surface area contributed by atoms with Crippen LogP contribution in [0.3, 0.4) is 0 Å². The van der Waals surface area contributed by atoms with E-state index >= 15 is 0 Å². The van der Waals surface area contributed by atoms with Crippen molar-refractivity contribution in [3.8, 4) is 10.4 Å². The van der Waals surface area contributed by atoms with E-state index in [4.69, 9.17) is 9.72 Å². The number of carbonyl (C=O) groups excluding carboxylic acids is 1. The molecule has 2 heterocycles. The summed E-state index contributed by atoms with van der Waals surface area (Å²) >= 11 is 1.60. The summed E-state index contributed by atoms with van der Waals surface area (Å²) in [5.74, 6) is 0.668. The van der Waals surface area contributed by atoms with Crippen LogP contribution in [0.4, 0.5) is 0 Å². The minimum atomic E-state index is -0.0144. The molecule has 1 aromatic heterocycles. The number of nitrogens with one attached hydrogen (secondary N) is 1. The van der Waals surface area contributed by atoms with Crippen LogP contribution in [0.2, 0.25) is 0 Å². The van der Waals surface area contributed by atoms with E-state index in [2.05, 4.69) is 51.2 Å². The molecule has 1 aliphatic heterocycles. The van der Waals surface area contributed by atoms with Crippen molar-refractivity contribution in [2.75, 3.05) is 13.2 Å². The van der Waals surface area contributed by atoms with Gasteiger partial charge in [-0.05, 0) is 77.7 Å². The molecular formula is C30H42N2O2S. The number of carbonyl (C=O) groups is 1. The molecule has 5 rings (SSSR count). The number of ether oxygens (including phenoxy) is 1. The fourth-order valence-corrected chi connectivity index (χ4v) is 6.57. The Labute approximate surface area is 215 Å². The first-order valence-electron chi connectivity index (χ1n) is 13.8. The highest BCUT2D eigenvalue weighted by molar-refractivity contribution is 7.17. The zero-order valence-corrected chi connectivity index (χ0v) is 22.9. The second-order valence-electron chi connectivity index (χ2n) is 12.5. The van der Waals surface area contributed by atoms with Crippen LogP contribution in [0, 0.1) is 5.92 Å². The molecule has 3 aliphatic rings. The molecule has 3 fully saturated rings. The second-order valence-corrected chi connectivity index (χ2v) is 13.5. The maximum absolute atomic E-state index is 13.3. The summed E-state index contributed by atoms with van der Waals surface area (Å²) in [6.45, 7) is 10.7. The van der Waals surface area contributed by atoms with Crippen LogP contribution >= 0.6 is 11.3 Å². The first-order valence-corrected chi connectivity index (χ1v) is 14.6. The molecule has 0 bridgehead atoms. The SMILES string of the molecule is CC(C)(C)c1cc(-c2sc(C(=O)NC3CCOCC3)nc2CC2CCCCC2)cc(C2(C)CC2)c1. The van der Waals surface area contributed by atoms with Crippen LogP contribution in [-0.2, 0) is 22.0 Å². The number of benzene rings is 1. The largest absolute Gasteiger partial charge is 0.381 e. The van der Waals surface area contributed by atoms with E-state index in [0.717, 1.165) is 38.2 Å². The smallest absolute Gasteiger partial charge is 0.280 e. The first kappa shape index (κ1) is 25.0. The summed E-state index contributed by atoms with van der Waals surface area (Å²) in [6.07, 6.45) is 11.8. The fraction of sp³-hybridized carbons (Fsp3) is 0.667. The van der Waals surface area contributed by atoms with Crippen LogP contribution in [-0.4, -0.2) is 30.1 Å². The molecule has 0 radical (unpaired) electrons. The lowest BCUT2D eigenvalue weighted by molar-refractivity contribution is 0.0696. The standard InChI is InChI=1S/C30H42N2O2S/c1-29(2,3)22-17-21(18-23(19-22)30(4)12-13-30)26-25(16-20-8-6-5-7-9-20)32-28(35-26)27(33)31-24-10-14-34-15-11-24/h17-20,24H,5-16H2,1-4H3,(H,31,33). The maximum Gasteiger partial charge on any atom is 0.280 e. The molecule has 1 aromatic carbocycles. The van der Waals surface area contributed by atoms with Crippen molar-refractivity contribution in [1.29, 1.82) is 0 Å². The zero-order chi connectivity index (χ0) is 24.6. The predicted molar refractivity (Wildman–Crippen MR) is 144 cm³/mol. The maximum atomic E-state index is 13.3. The third-order valence-electron chi connectivity index (χ3n) is 8.41. The Morgan fingerprint density at radius 1 is 1.09 bits per heavy atom. The lowest BCUT2D eigenvalue weighted by Gasteiger charge is -2.24. The molecular weight excluding hydrogens is 452 g/mol. The number of aromatic nitrogens is 1. The highest BCUT2D eigenvalue weighted by Crippen LogP contribution is 2.50. The van der Waals surface area contributed by atoms with E-state index < -0.39 is 0 Å². The quantitative estimate of drug-likeness (QED) is 0.462. The van der Waals surface area contributed by atoms with Crippen LogP contribution < -0.4 is 5.32 Å². The van der Waals surface area contributed by atoms with Crippen LogP contribution in [0.25, 0.3) is 10.4 Å². The fourth-order valence-electron chi connectivity index (χ4n) is 5.58. The molecule has 1 saturated heterocycles. The Balaban J connectivity index is 1.51. The van der Waals surface area contributed by atoms with Crippen molar-refractivity contribution in [3.05, 3.63) is 40.0 Å². The summed E-state index contributed by atoms with van der Waals surface area (Å²) in [7, 11) is 0. The lowest BCUT2D eigenvalue weighted by Crippen LogP contribution is -2.38. The van der Waals surface area contributed by atoms with Crippen molar-refractivity contribution in [2.45, 2.75) is 109 Å². The number of thiazole rings is 1. The van der Waals surface area contributed by atoms with E-state index in [9.17, 15) is 4.79 Å². The van der Waals surface area contributed by atoms with Gasteiger partial charge in [0.25, 0.3) is 5.91 Å². The summed E-state index contributed by atoms with van der Waals surface area (Å²) in [5.41, 5.74) is 5.60. The van der Waals surface area contributed by atoms with Gasteiger partial charge in [0.1, 0.15) is 0 Å². The van der Waals surface area contributed by atoms with Crippen LogP contribution in [0.15, 0.2) is 18.2 Å². The van der Waals surface area contributed by atoms with Crippen molar-refractivity contribution in [2.24, 2.45) is 5.92 Å². The van der Waals surface area contributed by atoms with Crippen LogP contribution in [0.1, 0.15) is 112 Å². The van der Waals surface area contributed by atoms with Gasteiger partial charge in [0, 0.05) is 19.3 Å². The normalized spacial score (nSPS) is 21.1. The molecule has 2 saturated carbocycles. The van der Waals surface area contributed by atoms with E-state index in [1.807, 2.05) is 0 Å². The molecule has 1 N–H and O–H groups in total. The molecule has 35 heavy (non-hydrogen) atoms. The Hall–Kier alpha value is -1.72. The second kappa shape index (κ2) is 9.97. The van der Waals surface area contributed by atoms with Crippen LogP contribution in [0.5, 0.6) is 0 Å². The van der Waals surface area contributed by atoms with Crippen molar-refractivity contribution >= 4 is 17.2 Å². The molecule has 0 spiro atoms. The highest BCUT2D eigenvalue weighted by atomic mass is 32.1. The molecule has 4 nitrogen and oxygen atoms in total. The Kier molecular flexibility index (Phi) is 7.11. The van der Waals surface area contributed by atoms with E-state index in [1.165, 1.54) is 66.5 Å². The summed E-state index contributed by atoms with van der Waals surface area (Å²) in [6, 6.07) is 7.39. The monoisotopic (exact) mass is 494 g/mol. The number of nitrogens with zero attached hydrogens (tertiary/aromatic N) is 1. The zero-order valence-electron chi connectivity index (χ0n) is 22.0.